The fraction of sp³-hybridized carbons (Fsp3) is 0.733. The van der Waals surface area contributed by atoms with Gasteiger partial charge in [0.15, 0.2) is 0 Å². The van der Waals surface area contributed by atoms with Gasteiger partial charge in [-0.3, -0.25) is 0 Å². The van der Waals surface area contributed by atoms with Crippen LogP contribution in [0.4, 0.5) is 0 Å². The maximum absolute atomic E-state index is 3.64. The summed E-state index contributed by atoms with van der Waals surface area (Å²) in [6.45, 7) is 13.8. The van der Waals surface area contributed by atoms with Gasteiger partial charge in [0.05, 0.1) is 0 Å². The van der Waals surface area contributed by atoms with Crippen molar-refractivity contribution in [2.75, 3.05) is 13.1 Å². The summed E-state index contributed by atoms with van der Waals surface area (Å²) in [4.78, 5) is 2.96. The van der Waals surface area contributed by atoms with Gasteiger partial charge < -0.3 is 5.32 Å². The van der Waals surface area contributed by atoms with E-state index in [1.165, 1.54) is 9.35 Å². The molecule has 0 spiro atoms. The smallest absolute Gasteiger partial charge is 0.0314 e. The van der Waals surface area contributed by atoms with Crippen molar-refractivity contribution in [3.63, 3.8) is 0 Å². The number of rotatable bonds is 5. The fourth-order valence-electron chi connectivity index (χ4n) is 2.85. The third kappa shape index (κ3) is 2.83. The van der Waals surface area contributed by atoms with Crippen molar-refractivity contribution in [3.8, 4) is 0 Å². The van der Waals surface area contributed by atoms with Crippen LogP contribution < -0.4 is 5.32 Å². The first kappa shape index (κ1) is 14.5. The summed E-state index contributed by atoms with van der Waals surface area (Å²) in [5.74, 6) is 2.27. The van der Waals surface area contributed by atoms with Crippen molar-refractivity contribution in [1.82, 2.24) is 5.32 Å². The lowest BCUT2D eigenvalue weighted by atomic mass is 10.1. The third-order valence-corrected chi connectivity index (χ3v) is 6.37. The van der Waals surface area contributed by atoms with Gasteiger partial charge in [-0.25, -0.2) is 0 Å². The largest absolute Gasteiger partial charge is 0.316 e. The highest BCUT2D eigenvalue weighted by Crippen LogP contribution is 2.65. The Labute approximate surface area is 123 Å². The monoisotopic (exact) mass is 329 g/mol. The Morgan fingerprint density at radius 1 is 1.44 bits per heavy atom. The number of hydrogen-bond acceptors (Lipinski definition) is 2. The van der Waals surface area contributed by atoms with E-state index in [0.717, 1.165) is 30.8 Å². The van der Waals surface area contributed by atoms with Gasteiger partial charge in [0.25, 0.3) is 0 Å². The highest BCUT2D eigenvalue weighted by molar-refractivity contribution is 9.10. The first-order valence-corrected chi connectivity index (χ1v) is 8.41. The van der Waals surface area contributed by atoms with Crippen molar-refractivity contribution in [1.29, 1.82) is 0 Å². The normalized spacial score (nSPS) is 25.7. The number of halogens is 1. The maximum Gasteiger partial charge on any atom is 0.0314 e. The van der Waals surface area contributed by atoms with Crippen LogP contribution in [-0.4, -0.2) is 13.1 Å². The van der Waals surface area contributed by atoms with E-state index in [0.29, 0.717) is 5.41 Å². The molecular formula is C15H24BrNS. The van der Waals surface area contributed by atoms with E-state index < -0.39 is 0 Å². The molecule has 0 aliphatic heterocycles. The molecule has 2 atom stereocenters. The van der Waals surface area contributed by atoms with Crippen LogP contribution in [0.2, 0.25) is 0 Å². The van der Waals surface area contributed by atoms with Crippen LogP contribution in [0.1, 0.15) is 43.4 Å². The standard InChI is InChI=1S/C15H24BrNS/c1-9(2)7-17-8-11-14(15(11,4)5)13-6-12(16)10(3)18-13/h6,9,11,14,17H,7-8H2,1-5H3. The van der Waals surface area contributed by atoms with Crippen molar-refractivity contribution < 1.29 is 0 Å². The Bertz CT molecular complexity index is 403. The molecule has 1 aromatic heterocycles. The summed E-state index contributed by atoms with van der Waals surface area (Å²) < 4.78 is 1.28. The Morgan fingerprint density at radius 3 is 2.61 bits per heavy atom. The third-order valence-electron chi connectivity index (χ3n) is 4.15. The lowest BCUT2D eigenvalue weighted by Gasteiger charge is -2.07. The van der Waals surface area contributed by atoms with Gasteiger partial charge in [-0.2, -0.15) is 0 Å². The van der Waals surface area contributed by atoms with Crippen molar-refractivity contribution >= 4 is 27.3 Å². The average Bonchev–Trinajstić information content (AvgIpc) is 2.61. The summed E-state index contributed by atoms with van der Waals surface area (Å²) in [6, 6.07) is 2.33. The fourth-order valence-corrected chi connectivity index (χ4v) is 4.77. The molecule has 2 rings (SSSR count). The van der Waals surface area contributed by atoms with Gasteiger partial charge >= 0.3 is 0 Å². The van der Waals surface area contributed by atoms with E-state index in [2.05, 4.69) is 61.9 Å². The molecule has 1 aromatic rings. The van der Waals surface area contributed by atoms with Gasteiger partial charge in [0.2, 0.25) is 0 Å². The molecule has 102 valence electrons. The van der Waals surface area contributed by atoms with Gasteiger partial charge in [-0.1, -0.05) is 27.7 Å². The number of nitrogens with one attached hydrogen (secondary N) is 1. The van der Waals surface area contributed by atoms with Crippen LogP contribution in [0.5, 0.6) is 0 Å². The van der Waals surface area contributed by atoms with Gasteiger partial charge in [-0.15, -0.1) is 11.3 Å². The molecule has 1 aliphatic carbocycles. The summed E-state index contributed by atoms with van der Waals surface area (Å²) in [5, 5.41) is 3.62. The van der Waals surface area contributed by atoms with E-state index in [4.69, 9.17) is 0 Å². The van der Waals surface area contributed by atoms with Crippen LogP contribution in [0.15, 0.2) is 10.5 Å². The molecule has 0 amide bonds. The second-order valence-corrected chi connectivity index (χ2v) is 8.65. The van der Waals surface area contributed by atoms with Crippen molar-refractivity contribution in [2.24, 2.45) is 17.3 Å². The zero-order valence-electron chi connectivity index (χ0n) is 12.0. The molecule has 1 nitrogen and oxygen atoms in total. The zero-order chi connectivity index (χ0) is 13.5. The molecule has 1 fully saturated rings. The number of thiophene rings is 1. The van der Waals surface area contributed by atoms with E-state index in [-0.39, 0.29) is 0 Å². The van der Waals surface area contributed by atoms with E-state index in [1.807, 2.05) is 11.3 Å². The topological polar surface area (TPSA) is 12.0 Å². The molecule has 3 heteroatoms. The van der Waals surface area contributed by atoms with Crippen LogP contribution in [0.25, 0.3) is 0 Å². The average molecular weight is 330 g/mol. The summed E-state index contributed by atoms with van der Waals surface area (Å²) in [7, 11) is 0. The number of aryl methyl sites for hydroxylation is 1. The summed E-state index contributed by atoms with van der Waals surface area (Å²) in [6.07, 6.45) is 0. The lowest BCUT2D eigenvalue weighted by molar-refractivity contribution is 0.487. The van der Waals surface area contributed by atoms with Crippen molar-refractivity contribution in [3.05, 3.63) is 20.3 Å². The maximum atomic E-state index is 3.64. The predicted octanol–water partition coefficient (Wildman–Crippen LogP) is 4.80. The quantitative estimate of drug-likeness (QED) is 0.817. The molecule has 18 heavy (non-hydrogen) atoms. The first-order valence-electron chi connectivity index (χ1n) is 6.80. The highest BCUT2D eigenvalue weighted by atomic mass is 79.9. The number of hydrogen-bond donors (Lipinski definition) is 1. The molecule has 0 bridgehead atoms. The predicted molar refractivity (Wildman–Crippen MR) is 84.5 cm³/mol. The molecule has 1 saturated carbocycles. The Balaban J connectivity index is 1.98. The minimum atomic E-state index is 0.459. The van der Waals surface area contributed by atoms with Gasteiger partial charge in [0, 0.05) is 20.1 Å². The molecule has 1 N–H and O–H groups in total. The van der Waals surface area contributed by atoms with Crippen LogP contribution in [-0.2, 0) is 0 Å². The molecule has 0 saturated heterocycles. The minimum Gasteiger partial charge on any atom is -0.316 e. The van der Waals surface area contributed by atoms with E-state index in [1.54, 1.807) is 4.88 Å². The van der Waals surface area contributed by atoms with Gasteiger partial charge in [0.1, 0.15) is 0 Å². The second-order valence-electron chi connectivity index (χ2n) is 6.51. The van der Waals surface area contributed by atoms with E-state index in [9.17, 15) is 0 Å². The minimum absolute atomic E-state index is 0.459. The SMILES string of the molecule is Cc1sc(C2C(CNCC(C)C)C2(C)C)cc1Br. The molecule has 1 aliphatic rings. The second kappa shape index (κ2) is 5.26. The Morgan fingerprint density at radius 2 is 2.11 bits per heavy atom. The first-order chi connectivity index (χ1) is 8.34. The van der Waals surface area contributed by atoms with E-state index >= 15 is 0 Å². The Hall–Kier alpha value is 0.140. The molecule has 1 heterocycles. The van der Waals surface area contributed by atoms with Crippen molar-refractivity contribution in [2.45, 2.75) is 40.5 Å². The van der Waals surface area contributed by atoms with Gasteiger partial charge in [-0.05, 0) is 59.3 Å². The lowest BCUT2D eigenvalue weighted by Crippen LogP contribution is -2.23. The molecular weight excluding hydrogens is 306 g/mol. The van der Waals surface area contributed by atoms with Crippen LogP contribution >= 0.6 is 27.3 Å². The van der Waals surface area contributed by atoms with Crippen LogP contribution in [0, 0.1) is 24.2 Å². The zero-order valence-corrected chi connectivity index (χ0v) is 14.4. The highest BCUT2D eigenvalue weighted by Gasteiger charge is 2.58. The molecule has 0 radical (unpaired) electrons. The Kier molecular flexibility index (Phi) is 4.25. The summed E-state index contributed by atoms with van der Waals surface area (Å²) in [5.41, 5.74) is 0.459. The van der Waals surface area contributed by atoms with Crippen LogP contribution in [0.3, 0.4) is 0 Å². The summed E-state index contributed by atoms with van der Waals surface area (Å²) >= 11 is 5.59. The molecule has 0 aromatic carbocycles. The molecule has 2 unspecified atom stereocenters.